The predicted octanol–water partition coefficient (Wildman–Crippen LogP) is 4.04. The van der Waals surface area contributed by atoms with Crippen molar-refractivity contribution in [2.24, 2.45) is 0 Å². The second kappa shape index (κ2) is 8.10. The molecule has 0 bridgehead atoms. The minimum Gasteiger partial charge on any atom is -0.390 e. The molecule has 2 N–H and O–H groups in total. The summed E-state index contributed by atoms with van der Waals surface area (Å²) in [5.74, 6) is 0. The molecule has 0 saturated heterocycles. The first kappa shape index (κ1) is 10.8. The standard InChI is InChI=1S/C15H32O2/c1-5-9-14(16,10-6-2)13-15(17,11-7-3)12-8-4/h16-17H,5-13H2,1-4H3/i1T,2T,3T,4T. The third-order valence-electron chi connectivity index (χ3n) is 3.23. The van der Waals surface area contributed by atoms with Gasteiger partial charge in [0.2, 0.25) is 0 Å². The van der Waals surface area contributed by atoms with Crippen LogP contribution in [0.2, 0.25) is 0 Å². The fraction of sp³-hybridized carbons (Fsp3) is 1.00. The van der Waals surface area contributed by atoms with Crippen molar-refractivity contribution in [1.29, 1.82) is 0 Å². The summed E-state index contributed by atoms with van der Waals surface area (Å²) in [5, 5.41) is 21.6. The van der Waals surface area contributed by atoms with E-state index in [4.69, 9.17) is 5.48 Å². The molecule has 0 atom stereocenters. The van der Waals surface area contributed by atoms with E-state index in [0.29, 0.717) is 51.4 Å². The van der Waals surface area contributed by atoms with Crippen molar-refractivity contribution in [3.8, 4) is 0 Å². The normalized spacial score (nSPS) is 16.1. The van der Waals surface area contributed by atoms with Gasteiger partial charge in [-0.3, -0.25) is 0 Å². The second-order valence-electron chi connectivity index (χ2n) is 5.04. The summed E-state index contributed by atoms with van der Waals surface area (Å²) in [4.78, 5) is 0. The molecule has 0 fully saturated rings. The Morgan fingerprint density at radius 1 is 0.706 bits per heavy atom. The molecular formula is C15H32O2. The van der Waals surface area contributed by atoms with Crippen LogP contribution < -0.4 is 0 Å². The van der Waals surface area contributed by atoms with Gasteiger partial charge in [0, 0.05) is 11.9 Å². The van der Waals surface area contributed by atoms with Crippen molar-refractivity contribution in [1.82, 2.24) is 0 Å². The highest BCUT2D eigenvalue weighted by molar-refractivity contribution is 4.89. The Balaban J connectivity index is 4.80. The molecule has 0 aromatic heterocycles. The van der Waals surface area contributed by atoms with Crippen molar-refractivity contribution < 1.29 is 15.7 Å². The molecule has 0 aromatic carbocycles. The SMILES string of the molecule is [3H]CCCC(O)(CCC[3H])CC(O)(CCC[3H])CCC[3H]. The quantitative estimate of drug-likeness (QED) is 0.616. The average molecular weight is 252 g/mol. The molecular weight excluding hydrogens is 212 g/mol. The Hall–Kier alpha value is -0.0800. The predicted molar refractivity (Wildman–Crippen MR) is 74.1 cm³/mol. The highest BCUT2D eigenvalue weighted by atomic mass is 16.3. The van der Waals surface area contributed by atoms with E-state index in [-0.39, 0.29) is 34.0 Å². The molecule has 0 rings (SSSR count). The van der Waals surface area contributed by atoms with Crippen LogP contribution >= 0.6 is 0 Å². The van der Waals surface area contributed by atoms with E-state index >= 15 is 0 Å². The second-order valence-corrected chi connectivity index (χ2v) is 5.04. The Labute approximate surface area is 113 Å². The van der Waals surface area contributed by atoms with Gasteiger partial charge in [-0.1, -0.05) is 53.3 Å². The first-order valence-corrected chi connectivity index (χ1v) is 6.57. The van der Waals surface area contributed by atoms with Gasteiger partial charge in [-0.25, -0.2) is 0 Å². The largest absolute Gasteiger partial charge is 0.390 e. The zero-order valence-electron chi connectivity index (χ0n) is 15.1. The summed E-state index contributed by atoms with van der Waals surface area (Å²) in [6.45, 7) is 1.00. The summed E-state index contributed by atoms with van der Waals surface area (Å²) in [5.41, 5.74) is -2.05. The van der Waals surface area contributed by atoms with E-state index in [1.165, 1.54) is 0 Å². The van der Waals surface area contributed by atoms with Crippen molar-refractivity contribution >= 4 is 0 Å². The van der Waals surface area contributed by atoms with Crippen molar-refractivity contribution in [3.63, 3.8) is 0 Å². The molecule has 0 saturated carbocycles. The Morgan fingerprint density at radius 2 is 1.00 bits per heavy atom. The third kappa shape index (κ3) is 6.42. The summed E-state index contributed by atoms with van der Waals surface area (Å²) >= 11 is 0. The maximum atomic E-state index is 10.8. The monoisotopic (exact) mass is 252 g/mol. The van der Waals surface area contributed by atoms with E-state index in [1.54, 1.807) is 0 Å². The lowest BCUT2D eigenvalue weighted by molar-refractivity contribution is -0.0813. The van der Waals surface area contributed by atoms with Crippen molar-refractivity contribution in [3.05, 3.63) is 0 Å². The van der Waals surface area contributed by atoms with Gasteiger partial charge in [-0.15, -0.1) is 0 Å². The number of rotatable bonds is 10. The maximum Gasteiger partial charge on any atom is 0.0675 e. The summed E-state index contributed by atoms with van der Waals surface area (Å²) in [6.07, 6.45) is 4.47. The van der Waals surface area contributed by atoms with Gasteiger partial charge in [0.15, 0.2) is 0 Å². The molecule has 2 heteroatoms. The highest BCUT2D eigenvalue weighted by Crippen LogP contribution is 2.34. The zero-order valence-corrected chi connectivity index (χ0v) is 11.1. The van der Waals surface area contributed by atoms with Crippen LogP contribution in [0.5, 0.6) is 0 Å². The molecule has 0 aromatic rings. The molecule has 0 heterocycles. The smallest absolute Gasteiger partial charge is 0.0675 e. The summed E-state index contributed by atoms with van der Waals surface area (Å²) in [7, 11) is 0. The number of aliphatic hydroxyl groups is 2. The highest BCUT2D eigenvalue weighted by Gasteiger charge is 2.36. The maximum absolute atomic E-state index is 10.8. The van der Waals surface area contributed by atoms with Gasteiger partial charge < -0.3 is 10.2 Å². The molecule has 0 radical (unpaired) electrons. The molecule has 0 aliphatic carbocycles. The molecule has 0 aliphatic rings. The molecule has 2 nitrogen and oxygen atoms in total. The van der Waals surface area contributed by atoms with E-state index in [2.05, 4.69) is 0 Å². The summed E-state index contributed by atoms with van der Waals surface area (Å²) < 4.78 is 29.0. The van der Waals surface area contributed by atoms with E-state index in [1.807, 2.05) is 0 Å². The van der Waals surface area contributed by atoms with Crippen LogP contribution in [0.1, 0.15) is 90.9 Å². The lowest BCUT2D eigenvalue weighted by Crippen LogP contribution is -2.41. The third-order valence-corrected chi connectivity index (χ3v) is 3.23. The van der Waals surface area contributed by atoms with Crippen LogP contribution in [-0.4, -0.2) is 21.4 Å². The molecule has 0 unspecified atom stereocenters. The van der Waals surface area contributed by atoms with Crippen LogP contribution in [0.4, 0.5) is 0 Å². The van der Waals surface area contributed by atoms with Crippen LogP contribution in [0.3, 0.4) is 0 Å². The first-order chi connectivity index (χ1) is 9.95. The van der Waals surface area contributed by atoms with Gasteiger partial charge in [0.25, 0.3) is 0 Å². The molecule has 0 aliphatic heterocycles. The van der Waals surface area contributed by atoms with Crippen LogP contribution in [-0.2, 0) is 0 Å². The van der Waals surface area contributed by atoms with Crippen LogP contribution in [0, 0.1) is 0 Å². The van der Waals surface area contributed by atoms with Crippen LogP contribution in [0.25, 0.3) is 0 Å². The van der Waals surface area contributed by atoms with Crippen LogP contribution in [0.15, 0.2) is 0 Å². The topological polar surface area (TPSA) is 40.5 Å². The molecule has 17 heavy (non-hydrogen) atoms. The molecule has 104 valence electrons. The Kier molecular flexibility index (Phi) is 5.15. The zero-order chi connectivity index (χ0) is 16.2. The Bertz CT molecular complexity index is 212. The first-order valence-electron chi connectivity index (χ1n) is 9.40. The van der Waals surface area contributed by atoms with E-state index in [9.17, 15) is 10.2 Å². The summed E-state index contributed by atoms with van der Waals surface area (Å²) in [6, 6.07) is 0. The van der Waals surface area contributed by atoms with E-state index in [0.717, 1.165) is 0 Å². The number of hydrogen-bond donors (Lipinski definition) is 2. The average Bonchev–Trinajstić information content (AvgIpc) is 2.47. The van der Waals surface area contributed by atoms with Crippen molar-refractivity contribution in [2.75, 3.05) is 0 Å². The minimum atomic E-state index is -1.03. The van der Waals surface area contributed by atoms with Gasteiger partial charge in [0.05, 0.1) is 11.2 Å². The van der Waals surface area contributed by atoms with E-state index < -0.39 is 11.2 Å². The van der Waals surface area contributed by atoms with Crippen molar-refractivity contribution in [2.45, 2.75) is 96.6 Å². The fourth-order valence-corrected chi connectivity index (χ4v) is 2.53. The van der Waals surface area contributed by atoms with Gasteiger partial charge in [-0.05, 0) is 25.7 Å². The molecule has 0 amide bonds. The minimum absolute atomic E-state index is 0.236. The fourth-order valence-electron chi connectivity index (χ4n) is 2.53. The Morgan fingerprint density at radius 3 is 1.24 bits per heavy atom. The molecule has 0 spiro atoms. The lowest BCUT2D eigenvalue weighted by Gasteiger charge is -2.37. The lowest BCUT2D eigenvalue weighted by atomic mass is 9.77. The van der Waals surface area contributed by atoms with Gasteiger partial charge >= 0.3 is 0 Å². The number of hydrogen-bond acceptors (Lipinski definition) is 2. The van der Waals surface area contributed by atoms with Gasteiger partial charge in [-0.2, -0.15) is 0 Å². The van der Waals surface area contributed by atoms with Gasteiger partial charge in [0.1, 0.15) is 0 Å².